The fourth-order valence-electron chi connectivity index (χ4n) is 3.26. The second-order valence-electron chi connectivity index (χ2n) is 7.77. The molecule has 2 amide bonds. The molecule has 1 N–H and O–H groups in total. The molecule has 3 heterocycles. The lowest BCUT2D eigenvalue weighted by molar-refractivity contribution is 0.0784. The van der Waals surface area contributed by atoms with Crippen molar-refractivity contribution in [3.63, 3.8) is 0 Å². The lowest BCUT2D eigenvalue weighted by atomic mass is 9.99. The maximum absolute atomic E-state index is 12.8. The lowest BCUT2D eigenvalue weighted by Gasteiger charge is -2.19. The standard InChI is InChI=1S/C20H27N7O2/c1-12(2)24-18(28)15-9-23-20(26(4)5)25-17(15)14-6-7-27(11-14)19(29)16-10-21-13(3)8-22-16/h8-10,12,14H,6-7,11H2,1-5H3,(H,24,28). The van der Waals surface area contributed by atoms with Crippen molar-refractivity contribution >= 4 is 17.8 Å². The molecule has 154 valence electrons. The number of anilines is 1. The van der Waals surface area contributed by atoms with Gasteiger partial charge in [0, 0.05) is 51.5 Å². The number of hydrogen-bond acceptors (Lipinski definition) is 7. The van der Waals surface area contributed by atoms with E-state index in [-0.39, 0.29) is 23.8 Å². The van der Waals surface area contributed by atoms with E-state index in [2.05, 4.69) is 25.3 Å². The van der Waals surface area contributed by atoms with Crippen molar-refractivity contribution in [2.24, 2.45) is 0 Å². The number of aryl methyl sites for hydroxylation is 1. The van der Waals surface area contributed by atoms with E-state index >= 15 is 0 Å². The molecule has 0 aliphatic carbocycles. The van der Waals surface area contributed by atoms with Gasteiger partial charge < -0.3 is 15.1 Å². The van der Waals surface area contributed by atoms with E-state index in [1.165, 1.54) is 6.20 Å². The molecule has 0 spiro atoms. The van der Waals surface area contributed by atoms with Crippen LogP contribution < -0.4 is 10.2 Å². The Morgan fingerprint density at radius 2 is 1.93 bits per heavy atom. The number of amides is 2. The molecule has 2 aromatic heterocycles. The lowest BCUT2D eigenvalue weighted by Crippen LogP contribution is -2.33. The van der Waals surface area contributed by atoms with E-state index in [1.54, 1.807) is 22.2 Å². The van der Waals surface area contributed by atoms with Gasteiger partial charge in [0.05, 0.1) is 23.1 Å². The third-order valence-corrected chi connectivity index (χ3v) is 4.73. The summed E-state index contributed by atoms with van der Waals surface area (Å²) < 4.78 is 0. The SMILES string of the molecule is Cc1cnc(C(=O)N2CCC(c3nc(N(C)C)ncc3C(=O)NC(C)C)C2)cn1. The maximum Gasteiger partial charge on any atom is 0.274 e. The van der Waals surface area contributed by atoms with Gasteiger partial charge >= 0.3 is 0 Å². The van der Waals surface area contributed by atoms with Crippen molar-refractivity contribution in [3.8, 4) is 0 Å². The highest BCUT2D eigenvalue weighted by Gasteiger charge is 2.32. The summed E-state index contributed by atoms with van der Waals surface area (Å²) in [6.45, 7) is 6.69. The van der Waals surface area contributed by atoms with Crippen molar-refractivity contribution in [2.75, 3.05) is 32.1 Å². The van der Waals surface area contributed by atoms with Gasteiger partial charge in [-0.05, 0) is 27.2 Å². The summed E-state index contributed by atoms with van der Waals surface area (Å²) in [7, 11) is 3.71. The van der Waals surface area contributed by atoms with Gasteiger partial charge in [-0.2, -0.15) is 0 Å². The highest BCUT2D eigenvalue weighted by molar-refractivity contribution is 5.95. The smallest absolute Gasteiger partial charge is 0.274 e. The molecule has 29 heavy (non-hydrogen) atoms. The summed E-state index contributed by atoms with van der Waals surface area (Å²) in [5.74, 6) is 0.131. The molecule has 2 aromatic rings. The van der Waals surface area contributed by atoms with Gasteiger partial charge in [0.2, 0.25) is 5.95 Å². The Balaban J connectivity index is 1.85. The molecule has 1 saturated heterocycles. The van der Waals surface area contributed by atoms with Crippen LogP contribution in [0, 0.1) is 6.92 Å². The number of aromatic nitrogens is 4. The number of nitrogens with one attached hydrogen (secondary N) is 1. The third-order valence-electron chi connectivity index (χ3n) is 4.73. The first-order valence-electron chi connectivity index (χ1n) is 9.69. The molecule has 1 unspecified atom stereocenters. The quantitative estimate of drug-likeness (QED) is 0.813. The minimum atomic E-state index is -0.200. The molecule has 9 heteroatoms. The number of rotatable bonds is 5. The molecule has 3 rings (SSSR count). The molecule has 1 aliphatic rings. The fraction of sp³-hybridized carbons (Fsp3) is 0.500. The van der Waals surface area contributed by atoms with Crippen molar-refractivity contribution in [1.29, 1.82) is 0 Å². The Morgan fingerprint density at radius 1 is 1.17 bits per heavy atom. The van der Waals surface area contributed by atoms with Crippen LogP contribution in [0.3, 0.4) is 0 Å². The van der Waals surface area contributed by atoms with E-state index in [0.717, 1.165) is 12.1 Å². The largest absolute Gasteiger partial charge is 0.350 e. The van der Waals surface area contributed by atoms with Gasteiger partial charge in [-0.15, -0.1) is 0 Å². The van der Waals surface area contributed by atoms with Gasteiger partial charge in [-0.3, -0.25) is 14.6 Å². The first-order valence-corrected chi connectivity index (χ1v) is 9.69. The van der Waals surface area contributed by atoms with Gasteiger partial charge in [-0.1, -0.05) is 0 Å². The number of carbonyl (C=O) groups is 2. The zero-order chi connectivity index (χ0) is 21.1. The van der Waals surface area contributed by atoms with Crippen LogP contribution >= 0.6 is 0 Å². The number of hydrogen-bond donors (Lipinski definition) is 1. The van der Waals surface area contributed by atoms with Gasteiger partial charge in [0.25, 0.3) is 11.8 Å². The minimum Gasteiger partial charge on any atom is -0.350 e. The average molecular weight is 397 g/mol. The second-order valence-corrected chi connectivity index (χ2v) is 7.77. The highest BCUT2D eigenvalue weighted by atomic mass is 16.2. The zero-order valence-corrected chi connectivity index (χ0v) is 17.5. The molecule has 9 nitrogen and oxygen atoms in total. The number of nitrogens with zero attached hydrogens (tertiary/aromatic N) is 6. The Morgan fingerprint density at radius 3 is 2.55 bits per heavy atom. The molecular formula is C20H27N7O2. The average Bonchev–Trinajstić information content (AvgIpc) is 3.17. The van der Waals surface area contributed by atoms with Gasteiger partial charge in [0.1, 0.15) is 5.69 Å². The molecule has 1 fully saturated rings. The Labute approximate surface area is 170 Å². The Hall–Kier alpha value is -3.10. The molecule has 0 bridgehead atoms. The third kappa shape index (κ3) is 4.67. The summed E-state index contributed by atoms with van der Waals surface area (Å²) in [4.78, 5) is 46.3. The monoisotopic (exact) mass is 397 g/mol. The van der Waals surface area contributed by atoms with E-state index in [9.17, 15) is 9.59 Å². The first kappa shape index (κ1) is 20.6. The highest BCUT2D eigenvalue weighted by Crippen LogP contribution is 2.30. The minimum absolute atomic E-state index is 0.00522. The van der Waals surface area contributed by atoms with Crippen molar-refractivity contribution in [3.05, 3.63) is 41.2 Å². The normalized spacial score (nSPS) is 16.2. The topological polar surface area (TPSA) is 104 Å². The van der Waals surface area contributed by atoms with Crippen LogP contribution in [0.5, 0.6) is 0 Å². The predicted molar refractivity (Wildman–Crippen MR) is 109 cm³/mol. The summed E-state index contributed by atoms with van der Waals surface area (Å²) in [5, 5.41) is 2.91. The zero-order valence-electron chi connectivity index (χ0n) is 17.5. The number of carbonyl (C=O) groups excluding carboxylic acids is 2. The van der Waals surface area contributed by atoms with Crippen molar-refractivity contribution in [1.82, 2.24) is 30.2 Å². The summed E-state index contributed by atoms with van der Waals surface area (Å²) in [6.07, 6.45) is 5.38. The summed E-state index contributed by atoms with van der Waals surface area (Å²) in [6, 6.07) is 0.00522. The molecular weight excluding hydrogens is 370 g/mol. The van der Waals surface area contributed by atoms with Crippen LogP contribution in [0.15, 0.2) is 18.6 Å². The van der Waals surface area contributed by atoms with E-state index in [1.807, 2.05) is 34.9 Å². The number of likely N-dealkylation sites (tertiary alicyclic amines) is 1. The van der Waals surface area contributed by atoms with Crippen LogP contribution in [0.2, 0.25) is 0 Å². The molecule has 1 atom stereocenters. The molecule has 0 radical (unpaired) electrons. The Bertz CT molecular complexity index is 896. The maximum atomic E-state index is 12.8. The van der Waals surface area contributed by atoms with Crippen LogP contribution in [0.1, 0.15) is 58.4 Å². The van der Waals surface area contributed by atoms with E-state index in [0.29, 0.717) is 36.0 Å². The van der Waals surface area contributed by atoms with Gasteiger partial charge in [0.15, 0.2) is 0 Å². The summed E-state index contributed by atoms with van der Waals surface area (Å²) in [5.41, 5.74) is 2.22. The molecule has 1 aliphatic heterocycles. The van der Waals surface area contributed by atoms with Crippen molar-refractivity contribution < 1.29 is 9.59 Å². The first-order chi connectivity index (χ1) is 13.8. The molecule has 0 saturated carbocycles. The Kier molecular flexibility index (Phi) is 6.05. The van der Waals surface area contributed by atoms with Crippen LogP contribution in [0.4, 0.5) is 5.95 Å². The van der Waals surface area contributed by atoms with Crippen LogP contribution in [-0.4, -0.2) is 69.9 Å². The van der Waals surface area contributed by atoms with Gasteiger partial charge in [-0.25, -0.2) is 15.0 Å². The summed E-state index contributed by atoms with van der Waals surface area (Å²) >= 11 is 0. The fourth-order valence-corrected chi connectivity index (χ4v) is 3.26. The predicted octanol–water partition coefficient (Wildman–Crippen LogP) is 1.41. The van der Waals surface area contributed by atoms with Crippen LogP contribution in [0.25, 0.3) is 0 Å². The molecule has 0 aromatic carbocycles. The van der Waals surface area contributed by atoms with E-state index < -0.39 is 0 Å². The van der Waals surface area contributed by atoms with Crippen LogP contribution in [-0.2, 0) is 0 Å². The van der Waals surface area contributed by atoms with E-state index in [4.69, 9.17) is 0 Å². The second kappa shape index (κ2) is 8.50. The van der Waals surface area contributed by atoms with Crippen molar-refractivity contribution in [2.45, 2.75) is 39.2 Å².